The summed E-state index contributed by atoms with van der Waals surface area (Å²) in [7, 11) is -3.60. The number of rotatable bonds is 3. The number of hydrogen-bond donors (Lipinski definition) is 0. The molecule has 0 saturated carbocycles. The Balaban J connectivity index is 1.53. The van der Waals surface area contributed by atoms with Gasteiger partial charge in [0.25, 0.3) is 0 Å². The zero-order valence-corrected chi connectivity index (χ0v) is 16.2. The van der Waals surface area contributed by atoms with Gasteiger partial charge in [0.1, 0.15) is 10.6 Å². The van der Waals surface area contributed by atoms with E-state index in [9.17, 15) is 8.42 Å². The molecule has 4 rings (SSSR count). The Morgan fingerprint density at radius 1 is 1.19 bits per heavy atom. The van der Waals surface area contributed by atoms with E-state index in [1.54, 1.807) is 29.9 Å². The van der Waals surface area contributed by atoms with E-state index >= 15 is 0 Å². The third kappa shape index (κ3) is 3.08. The number of benzene rings is 1. The van der Waals surface area contributed by atoms with Gasteiger partial charge in [-0.2, -0.15) is 16.1 Å². The lowest BCUT2D eigenvalue weighted by molar-refractivity contribution is 0.174. The van der Waals surface area contributed by atoms with Gasteiger partial charge in [0.05, 0.1) is 0 Å². The number of nitrogens with zero attached hydrogens (tertiary/aromatic N) is 2. The number of sulfonamides is 1. The highest BCUT2D eigenvalue weighted by Crippen LogP contribution is 2.41. The summed E-state index contributed by atoms with van der Waals surface area (Å²) >= 11 is 1.77. The van der Waals surface area contributed by atoms with Gasteiger partial charge in [0.2, 0.25) is 16.8 Å². The first-order valence-electron chi connectivity index (χ1n) is 8.41. The average Bonchev–Trinajstić information content (AvgIpc) is 3.11. The second-order valence-corrected chi connectivity index (χ2v) is 9.50. The van der Waals surface area contributed by atoms with Crippen LogP contribution in [0.3, 0.4) is 0 Å². The summed E-state index contributed by atoms with van der Waals surface area (Å²) in [4.78, 5) is 0.198. The largest absolute Gasteiger partial charge is 0.454 e. The molecule has 26 heavy (non-hydrogen) atoms. The third-order valence-electron chi connectivity index (χ3n) is 4.63. The van der Waals surface area contributed by atoms with Crippen LogP contribution in [0.4, 0.5) is 0 Å². The molecule has 1 aromatic heterocycles. The molecule has 0 amide bonds. The van der Waals surface area contributed by atoms with Gasteiger partial charge >= 0.3 is 0 Å². The maximum absolute atomic E-state index is 13.0. The molecule has 3 heterocycles. The first-order valence-corrected chi connectivity index (χ1v) is 10.9. The molecule has 2 aliphatic rings. The van der Waals surface area contributed by atoms with Crippen molar-refractivity contribution in [1.82, 2.24) is 9.46 Å². The van der Waals surface area contributed by atoms with Gasteiger partial charge < -0.3 is 14.0 Å². The van der Waals surface area contributed by atoms with Gasteiger partial charge in [-0.25, -0.2) is 8.42 Å². The lowest BCUT2D eigenvalue weighted by Crippen LogP contribution is -2.33. The normalized spacial score (nSPS) is 20.9. The highest BCUT2D eigenvalue weighted by Gasteiger charge is 2.33. The van der Waals surface area contributed by atoms with Crippen molar-refractivity contribution in [3.63, 3.8) is 0 Å². The number of aryl methyl sites for hydroxylation is 2. The molecule has 0 radical (unpaired) electrons. The van der Waals surface area contributed by atoms with Crippen molar-refractivity contribution < 1.29 is 22.4 Å². The SMILES string of the molecule is Cc1noc(C)c1S(=O)(=O)N1CCS[C@H](c2ccc3c(c2)OCO3)CC1. The lowest BCUT2D eigenvalue weighted by Gasteiger charge is -2.19. The smallest absolute Gasteiger partial charge is 0.248 e. The predicted molar refractivity (Wildman–Crippen MR) is 97.1 cm³/mol. The van der Waals surface area contributed by atoms with Gasteiger partial charge in [-0.1, -0.05) is 11.2 Å². The van der Waals surface area contributed by atoms with Gasteiger partial charge in [-0.15, -0.1) is 0 Å². The zero-order chi connectivity index (χ0) is 18.3. The van der Waals surface area contributed by atoms with Crippen molar-refractivity contribution in [3.05, 3.63) is 35.2 Å². The topological polar surface area (TPSA) is 81.9 Å². The van der Waals surface area contributed by atoms with E-state index in [2.05, 4.69) is 5.16 Å². The molecule has 0 N–H and O–H groups in total. The molecular formula is C17H20N2O5S2. The van der Waals surface area contributed by atoms with Crippen LogP contribution < -0.4 is 9.47 Å². The third-order valence-corrected chi connectivity index (χ3v) is 8.11. The van der Waals surface area contributed by atoms with Crippen molar-refractivity contribution in [2.45, 2.75) is 30.4 Å². The van der Waals surface area contributed by atoms with Crippen molar-refractivity contribution in [3.8, 4) is 11.5 Å². The molecule has 9 heteroatoms. The summed E-state index contributed by atoms with van der Waals surface area (Å²) in [6, 6.07) is 5.95. The number of ether oxygens (including phenoxy) is 2. The first-order chi connectivity index (χ1) is 12.5. The zero-order valence-electron chi connectivity index (χ0n) is 14.6. The summed E-state index contributed by atoms with van der Waals surface area (Å²) < 4.78 is 43.4. The van der Waals surface area contributed by atoms with E-state index in [-0.39, 0.29) is 16.9 Å². The molecule has 0 unspecified atom stereocenters. The molecule has 1 fully saturated rings. The predicted octanol–water partition coefficient (Wildman–Crippen LogP) is 2.89. The summed E-state index contributed by atoms with van der Waals surface area (Å²) in [5.41, 5.74) is 1.54. The van der Waals surface area contributed by atoms with Crippen LogP contribution in [0.5, 0.6) is 11.5 Å². The Morgan fingerprint density at radius 3 is 2.77 bits per heavy atom. The molecule has 0 aliphatic carbocycles. The average molecular weight is 396 g/mol. The van der Waals surface area contributed by atoms with Gasteiger partial charge in [-0.3, -0.25) is 0 Å². The molecule has 1 atom stereocenters. The Morgan fingerprint density at radius 2 is 2.00 bits per heavy atom. The number of aromatic nitrogens is 1. The van der Waals surface area contributed by atoms with Crippen LogP contribution in [0.2, 0.25) is 0 Å². The maximum atomic E-state index is 13.0. The van der Waals surface area contributed by atoms with E-state index in [1.807, 2.05) is 18.2 Å². The molecule has 2 aliphatic heterocycles. The van der Waals surface area contributed by atoms with E-state index in [0.29, 0.717) is 24.5 Å². The molecule has 140 valence electrons. The fourth-order valence-corrected chi connectivity index (χ4v) is 6.43. The molecule has 1 aromatic carbocycles. The van der Waals surface area contributed by atoms with Crippen molar-refractivity contribution in [1.29, 1.82) is 0 Å². The maximum Gasteiger partial charge on any atom is 0.248 e. The second kappa shape index (κ2) is 6.79. The molecular weight excluding hydrogens is 376 g/mol. The fourth-order valence-electron chi connectivity index (χ4n) is 3.34. The quantitative estimate of drug-likeness (QED) is 0.789. The van der Waals surface area contributed by atoms with Crippen molar-refractivity contribution in [2.75, 3.05) is 25.6 Å². The molecule has 0 bridgehead atoms. The highest BCUT2D eigenvalue weighted by molar-refractivity contribution is 7.99. The minimum atomic E-state index is -3.60. The monoisotopic (exact) mass is 396 g/mol. The Hall–Kier alpha value is -1.71. The van der Waals surface area contributed by atoms with Crippen molar-refractivity contribution in [2.24, 2.45) is 0 Å². The van der Waals surface area contributed by atoms with Gasteiger partial charge in [-0.05, 0) is 38.0 Å². The number of fused-ring (bicyclic) bond motifs is 1. The summed E-state index contributed by atoms with van der Waals surface area (Å²) in [5.74, 6) is 2.58. The Labute approximate surface area is 156 Å². The van der Waals surface area contributed by atoms with Gasteiger partial charge in [0, 0.05) is 24.1 Å². The van der Waals surface area contributed by atoms with E-state index in [1.165, 1.54) is 0 Å². The van der Waals surface area contributed by atoms with Crippen LogP contribution in [0.15, 0.2) is 27.6 Å². The van der Waals surface area contributed by atoms with Crippen LogP contribution in [-0.2, 0) is 10.0 Å². The molecule has 0 spiro atoms. The molecule has 2 aromatic rings. The summed E-state index contributed by atoms with van der Waals surface area (Å²) in [6.07, 6.45) is 0.729. The number of hydrogen-bond acceptors (Lipinski definition) is 7. The minimum Gasteiger partial charge on any atom is -0.454 e. The Bertz CT molecular complexity index is 906. The summed E-state index contributed by atoms with van der Waals surface area (Å²) in [5, 5.41) is 4.00. The molecule has 7 nitrogen and oxygen atoms in total. The lowest BCUT2D eigenvalue weighted by atomic mass is 10.1. The minimum absolute atomic E-state index is 0.198. The van der Waals surface area contributed by atoms with Crippen molar-refractivity contribution >= 4 is 21.8 Å². The van der Waals surface area contributed by atoms with Crippen LogP contribution in [0.1, 0.15) is 28.7 Å². The van der Waals surface area contributed by atoms with E-state index in [0.717, 1.165) is 29.2 Å². The standard InChI is InChI=1S/C17H20N2O5S2/c1-11-17(12(2)24-18-11)26(20,21)19-6-5-16(25-8-7-19)13-3-4-14-15(9-13)23-10-22-14/h3-4,9,16H,5-8,10H2,1-2H3/t16-/m0/s1. The Kier molecular flexibility index (Phi) is 4.62. The van der Waals surface area contributed by atoms with Crippen LogP contribution in [0, 0.1) is 13.8 Å². The summed E-state index contributed by atoms with van der Waals surface area (Å²) in [6.45, 7) is 4.47. The van der Waals surface area contributed by atoms with Crippen LogP contribution >= 0.6 is 11.8 Å². The fraction of sp³-hybridized carbons (Fsp3) is 0.471. The van der Waals surface area contributed by atoms with Crippen LogP contribution in [0.25, 0.3) is 0 Å². The van der Waals surface area contributed by atoms with E-state index < -0.39 is 10.0 Å². The van der Waals surface area contributed by atoms with E-state index in [4.69, 9.17) is 14.0 Å². The number of thioether (sulfide) groups is 1. The van der Waals surface area contributed by atoms with Crippen LogP contribution in [-0.4, -0.2) is 43.5 Å². The molecule has 1 saturated heterocycles. The highest BCUT2D eigenvalue weighted by atomic mass is 32.2. The van der Waals surface area contributed by atoms with Gasteiger partial charge in [0.15, 0.2) is 17.3 Å². The second-order valence-electron chi connectivity index (χ2n) is 6.32. The first kappa shape index (κ1) is 17.7.